The highest BCUT2D eigenvalue weighted by Crippen LogP contribution is 2.30. The van der Waals surface area contributed by atoms with Gasteiger partial charge in [-0.2, -0.15) is 4.72 Å². The van der Waals surface area contributed by atoms with Gasteiger partial charge in [0.2, 0.25) is 15.9 Å². The molecule has 0 saturated carbocycles. The Morgan fingerprint density at radius 3 is 2.44 bits per heavy atom. The molecular formula is C22H32N6O3S. The summed E-state index contributed by atoms with van der Waals surface area (Å²) in [6.07, 6.45) is 2.63. The van der Waals surface area contributed by atoms with Gasteiger partial charge in [-0.05, 0) is 37.8 Å². The van der Waals surface area contributed by atoms with Crippen molar-refractivity contribution in [1.29, 1.82) is 0 Å². The number of hydrogen-bond donors (Lipinski definition) is 3. The van der Waals surface area contributed by atoms with E-state index in [1.807, 2.05) is 37.2 Å². The third-order valence-corrected chi connectivity index (χ3v) is 7.12. The highest BCUT2D eigenvalue weighted by molar-refractivity contribution is 7.89. The normalized spacial score (nSPS) is 15.0. The Hall–Kier alpha value is -2.85. The Morgan fingerprint density at radius 1 is 1.12 bits per heavy atom. The fourth-order valence-corrected chi connectivity index (χ4v) is 5.48. The number of likely N-dealkylation sites (tertiary alicyclic amines) is 1. The SMILES string of the molecule is CN(C)c1cccc2c(S(=O)(=O)N[C@@H](CCCN=C(N)N)C(=O)N3CCCC3)cccc12. The molecule has 10 heteroatoms. The van der Waals surface area contributed by atoms with Gasteiger partial charge in [0.15, 0.2) is 5.96 Å². The molecule has 1 heterocycles. The number of hydrogen-bond acceptors (Lipinski definition) is 5. The van der Waals surface area contributed by atoms with Crippen LogP contribution in [0.5, 0.6) is 0 Å². The van der Waals surface area contributed by atoms with Crippen LogP contribution in [0.1, 0.15) is 25.7 Å². The van der Waals surface area contributed by atoms with Gasteiger partial charge in [0, 0.05) is 50.2 Å². The number of aliphatic imine (C=N–C) groups is 1. The molecule has 0 bridgehead atoms. The summed E-state index contributed by atoms with van der Waals surface area (Å²) in [5, 5.41) is 1.44. The smallest absolute Gasteiger partial charge is 0.241 e. The van der Waals surface area contributed by atoms with Crippen LogP contribution in [-0.2, 0) is 14.8 Å². The molecule has 174 valence electrons. The number of amides is 1. The Kier molecular flexibility index (Phi) is 7.57. The van der Waals surface area contributed by atoms with Gasteiger partial charge >= 0.3 is 0 Å². The summed E-state index contributed by atoms with van der Waals surface area (Å²) in [5.74, 6) is -0.231. The molecule has 2 aromatic rings. The molecule has 0 aliphatic carbocycles. The van der Waals surface area contributed by atoms with E-state index in [4.69, 9.17) is 11.5 Å². The minimum Gasteiger partial charge on any atom is -0.377 e. The zero-order chi connectivity index (χ0) is 23.3. The number of carbonyl (C=O) groups is 1. The maximum Gasteiger partial charge on any atom is 0.241 e. The lowest BCUT2D eigenvalue weighted by Crippen LogP contribution is -2.47. The number of carbonyl (C=O) groups excluding carboxylic acids is 1. The second-order valence-corrected chi connectivity index (χ2v) is 9.86. The molecule has 2 aromatic carbocycles. The largest absolute Gasteiger partial charge is 0.377 e. The number of anilines is 1. The summed E-state index contributed by atoms with van der Waals surface area (Å²) in [5.41, 5.74) is 11.7. The van der Waals surface area contributed by atoms with Crippen molar-refractivity contribution in [2.24, 2.45) is 16.5 Å². The molecule has 1 aliphatic heterocycles. The lowest BCUT2D eigenvalue weighted by atomic mass is 10.1. The first-order valence-corrected chi connectivity index (χ1v) is 12.2. The van der Waals surface area contributed by atoms with Crippen LogP contribution in [0.2, 0.25) is 0 Å². The van der Waals surface area contributed by atoms with Crippen LogP contribution in [0, 0.1) is 0 Å². The van der Waals surface area contributed by atoms with E-state index in [0.717, 1.165) is 23.9 Å². The van der Waals surface area contributed by atoms with E-state index >= 15 is 0 Å². The minimum absolute atomic E-state index is 0.0274. The van der Waals surface area contributed by atoms with Crippen molar-refractivity contribution in [3.63, 3.8) is 0 Å². The molecule has 3 rings (SSSR count). The molecule has 5 N–H and O–H groups in total. The van der Waals surface area contributed by atoms with Crippen molar-refractivity contribution < 1.29 is 13.2 Å². The molecule has 0 unspecified atom stereocenters. The third kappa shape index (κ3) is 5.49. The lowest BCUT2D eigenvalue weighted by Gasteiger charge is -2.24. The van der Waals surface area contributed by atoms with E-state index in [9.17, 15) is 13.2 Å². The van der Waals surface area contributed by atoms with Crippen LogP contribution in [0.4, 0.5) is 5.69 Å². The number of nitrogens with one attached hydrogen (secondary N) is 1. The molecule has 1 amide bonds. The maximum absolute atomic E-state index is 13.4. The molecule has 32 heavy (non-hydrogen) atoms. The van der Waals surface area contributed by atoms with Crippen LogP contribution in [0.3, 0.4) is 0 Å². The zero-order valence-corrected chi connectivity index (χ0v) is 19.4. The summed E-state index contributed by atoms with van der Waals surface area (Å²) >= 11 is 0. The molecule has 1 saturated heterocycles. The van der Waals surface area contributed by atoms with E-state index < -0.39 is 16.1 Å². The summed E-state index contributed by atoms with van der Waals surface area (Å²) < 4.78 is 29.5. The lowest BCUT2D eigenvalue weighted by molar-refractivity contribution is -0.132. The predicted molar refractivity (Wildman–Crippen MR) is 128 cm³/mol. The summed E-state index contributed by atoms with van der Waals surface area (Å²) in [7, 11) is -0.133. The average Bonchev–Trinajstić information content (AvgIpc) is 3.29. The van der Waals surface area contributed by atoms with E-state index in [2.05, 4.69) is 9.71 Å². The van der Waals surface area contributed by atoms with E-state index in [-0.39, 0.29) is 16.8 Å². The van der Waals surface area contributed by atoms with Gasteiger partial charge in [-0.1, -0.05) is 24.3 Å². The predicted octanol–water partition coefficient (Wildman–Crippen LogP) is 1.23. The van der Waals surface area contributed by atoms with Gasteiger partial charge in [0.05, 0.1) is 4.90 Å². The highest BCUT2D eigenvalue weighted by Gasteiger charge is 2.31. The van der Waals surface area contributed by atoms with Crippen molar-refractivity contribution in [3.8, 4) is 0 Å². The first kappa shape index (κ1) is 23.8. The summed E-state index contributed by atoms with van der Waals surface area (Å²) in [4.78, 5) is 20.9. The van der Waals surface area contributed by atoms with Gasteiger partial charge in [-0.15, -0.1) is 0 Å². The number of nitrogens with two attached hydrogens (primary N) is 2. The quantitative estimate of drug-likeness (QED) is 0.293. The van der Waals surface area contributed by atoms with E-state index in [0.29, 0.717) is 37.9 Å². The van der Waals surface area contributed by atoms with Gasteiger partial charge < -0.3 is 21.3 Å². The van der Waals surface area contributed by atoms with Crippen molar-refractivity contribution in [1.82, 2.24) is 9.62 Å². The van der Waals surface area contributed by atoms with Gasteiger partial charge in [-0.3, -0.25) is 9.79 Å². The Balaban J connectivity index is 1.91. The molecule has 1 atom stereocenters. The number of sulfonamides is 1. The van der Waals surface area contributed by atoms with Crippen LogP contribution in [0.15, 0.2) is 46.3 Å². The van der Waals surface area contributed by atoms with Gasteiger partial charge in [-0.25, -0.2) is 8.42 Å². The third-order valence-electron chi connectivity index (χ3n) is 5.59. The topological polar surface area (TPSA) is 134 Å². The van der Waals surface area contributed by atoms with Crippen LogP contribution < -0.4 is 21.1 Å². The number of nitrogens with zero attached hydrogens (tertiary/aromatic N) is 3. The number of benzene rings is 2. The molecule has 1 fully saturated rings. The first-order chi connectivity index (χ1) is 15.2. The average molecular weight is 461 g/mol. The van der Waals surface area contributed by atoms with Crippen LogP contribution in [0.25, 0.3) is 10.8 Å². The Bertz CT molecular complexity index is 1090. The number of rotatable bonds is 9. The van der Waals surface area contributed by atoms with Crippen molar-refractivity contribution >= 4 is 38.3 Å². The molecular weight excluding hydrogens is 428 g/mol. The standard InChI is InChI=1S/C22H32N6O3S/c1-27(2)19-11-5-9-17-16(19)8-6-12-20(17)32(30,31)26-18(10-7-13-25-22(23)24)21(29)28-14-3-4-15-28/h5-6,8-9,11-12,18,26H,3-4,7,10,13-15H2,1-2H3,(H4,23,24,25)/t18-/m0/s1. The van der Waals surface area contributed by atoms with Crippen molar-refractivity contribution in [2.75, 3.05) is 38.6 Å². The second-order valence-electron chi connectivity index (χ2n) is 8.18. The van der Waals surface area contributed by atoms with E-state index in [1.54, 1.807) is 23.1 Å². The van der Waals surface area contributed by atoms with Crippen LogP contribution in [-0.4, -0.2) is 65.0 Å². The Morgan fingerprint density at radius 2 is 1.78 bits per heavy atom. The highest BCUT2D eigenvalue weighted by atomic mass is 32.2. The molecule has 0 spiro atoms. The molecule has 9 nitrogen and oxygen atoms in total. The molecule has 1 aliphatic rings. The fourth-order valence-electron chi connectivity index (χ4n) is 4.03. The fraction of sp³-hybridized carbons (Fsp3) is 0.455. The maximum atomic E-state index is 13.4. The van der Waals surface area contributed by atoms with Crippen LogP contribution >= 0.6 is 0 Å². The first-order valence-electron chi connectivity index (χ1n) is 10.8. The zero-order valence-electron chi connectivity index (χ0n) is 18.6. The van der Waals surface area contributed by atoms with E-state index in [1.165, 1.54) is 0 Å². The second kappa shape index (κ2) is 10.2. The minimum atomic E-state index is -3.96. The molecule has 0 radical (unpaired) electrons. The van der Waals surface area contributed by atoms with Crippen molar-refractivity contribution in [2.45, 2.75) is 36.6 Å². The van der Waals surface area contributed by atoms with Crippen molar-refractivity contribution in [3.05, 3.63) is 36.4 Å². The Labute approximate surface area is 189 Å². The van der Waals surface area contributed by atoms with Gasteiger partial charge in [0.25, 0.3) is 0 Å². The number of fused-ring (bicyclic) bond motifs is 1. The number of guanidine groups is 1. The molecule has 0 aromatic heterocycles. The summed E-state index contributed by atoms with van der Waals surface area (Å²) in [6, 6.07) is 9.87. The monoisotopic (exact) mass is 460 g/mol. The summed E-state index contributed by atoms with van der Waals surface area (Å²) in [6.45, 7) is 1.62. The van der Waals surface area contributed by atoms with Gasteiger partial charge in [0.1, 0.15) is 6.04 Å².